The monoisotopic (exact) mass is 255 g/mol. The number of likely N-dealkylation sites (N-methyl/N-ethyl adjacent to an activating group) is 1. The van der Waals surface area contributed by atoms with E-state index in [1.54, 1.807) is 6.92 Å². The summed E-state index contributed by atoms with van der Waals surface area (Å²) < 4.78 is 12.8. The Morgan fingerprint density at radius 1 is 1.56 bits per heavy atom. The maximum atomic E-state index is 12.8. The second kappa shape index (κ2) is 5.35. The molecule has 4 N–H and O–H groups in total. The van der Waals surface area contributed by atoms with Crippen molar-refractivity contribution in [3.8, 4) is 5.75 Å². The van der Waals surface area contributed by atoms with Crippen LogP contribution in [-0.2, 0) is 0 Å². The average Bonchev–Trinajstić information content (AvgIpc) is 2.35. The first-order valence-corrected chi connectivity index (χ1v) is 5.11. The molecule has 1 amide bonds. The lowest BCUT2D eigenvalue weighted by Gasteiger charge is -2.24. The molecule has 0 saturated carbocycles. The third-order valence-electron chi connectivity index (χ3n) is 2.63. The molecular formula is C11H14FN3O3. The minimum Gasteiger partial charge on any atom is -0.507 e. The molecular weight excluding hydrogens is 241 g/mol. The van der Waals surface area contributed by atoms with Crippen LogP contribution in [0.2, 0.25) is 0 Å². The molecule has 0 radical (unpaired) electrons. The Balaban J connectivity index is 3.00. The highest BCUT2D eigenvalue weighted by molar-refractivity contribution is 5.99. The number of amides is 1. The largest absolute Gasteiger partial charge is 0.507 e. The minimum absolute atomic E-state index is 0.0588. The summed E-state index contributed by atoms with van der Waals surface area (Å²) in [6, 6.07) is 2.42. The number of phenolic OH excluding ortho intramolecular Hbond substituents is 1. The maximum Gasteiger partial charge on any atom is 0.257 e. The first-order chi connectivity index (χ1) is 8.38. The topological polar surface area (TPSA) is 99.2 Å². The number of phenols is 1. The number of nitrogens with zero attached hydrogens (tertiary/aromatic N) is 2. The predicted molar refractivity (Wildman–Crippen MR) is 63.0 cm³/mol. The van der Waals surface area contributed by atoms with Crippen LogP contribution in [0.15, 0.2) is 23.4 Å². The summed E-state index contributed by atoms with van der Waals surface area (Å²) in [5.41, 5.74) is 5.32. The zero-order valence-electron chi connectivity index (χ0n) is 9.96. The van der Waals surface area contributed by atoms with Crippen LogP contribution in [0.3, 0.4) is 0 Å². The molecule has 7 heteroatoms. The van der Waals surface area contributed by atoms with Gasteiger partial charge in [0.05, 0.1) is 11.6 Å². The van der Waals surface area contributed by atoms with Gasteiger partial charge in [-0.2, -0.15) is 0 Å². The van der Waals surface area contributed by atoms with Crippen LogP contribution in [0.1, 0.15) is 17.3 Å². The summed E-state index contributed by atoms with van der Waals surface area (Å²) in [5.74, 6) is -1.81. The van der Waals surface area contributed by atoms with Gasteiger partial charge in [0.1, 0.15) is 11.6 Å². The molecule has 1 aromatic carbocycles. The van der Waals surface area contributed by atoms with Gasteiger partial charge in [-0.05, 0) is 19.1 Å². The van der Waals surface area contributed by atoms with E-state index in [0.29, 0.717) is 0 Å². The molecule has 1 unspecified atom stereocenters. The molecule has 18 heavy (non-hydrogen) atoms. The average molecular weight is 255 g/mol. The number of hydrogen-bond acceptors (Lipinski definition) is 4. The molecule has 0 aliphatic carbocycles. The summed E-state index contributed by atoms with van der Waals surface area (Å²) in [6.07, 6.45) is 0. The molecule has 0 aliphatic rings. The van der Waals surface area contributed by atoms with Crippen molar-refractivity contribution >= 4 is 11.7 Å². The van der Waals surface area contributed by atoms with Gasteiger partial charge in [-0.1, -0.05) is 5.16 Å². The number of aromatic hydroxyl groups is 1. The van der Waals surface area contributed by atoms with E-state index in [4.69, 9.17) is 10.9 Å². The fourth-order valence-corrected chi connectivity index (χ4v) is 1.33. The molecule has 0 saturated heterocycles. The lowest BCUT2D eigenvalue weighted by atomic mass is 10.1. The van der Waals surface area contributed by atoms with E-state index in [-0.39, 0.29) is 11.4 Å². The number of amidine groups is 1. The highest BCUT2D eigenvalue weighted by Crippen LogP contribution is 2.20. The number of nitrogens with two attached hydrogens (primary N) is 1. The van der Waals surface area contributed by atoms with Crippen LogP contribution >= 0.6 is 0 Å². The highest BCUT2D eigenvalue weighted by atomic mass is 19.1. The predicted octanol–water partition coefficient (Wildman–Crippen LogP) is 0.738. The molecule has 98 valence electrons. The molecule has 6 nitrogen and oxygen atoms in total. The first kappa shape index (κ1) is 13.8. The van der Waals surface area contributed by atoms with E-state index in [0.717, 1.165) is 12.1 Å². The molecule has 0 heterocycles. The Morgan fingerprint density at radius 3 is 2.67 bits per heavy atom. The summed E-state index contributed by atoms with van der Waals surface area (Å²) >= 11 is 0. The number of carbonyl (C=O) groups is 1. The van der Waals surface area contributed by atoms with E-state index in [2.05, 4.69) is 5.16 Å². The van der Waals surface area contributed by atoms with Crippen molar-refractivity contribution in [2.24, 2.45) is 10.9 Å². The van der Waals surface area contributed by atoms with Gasteiger partial charge < -0.3 is 20.9 Å². The quantitative estimate of drug-likeness (QED) is 0.321. The summed E-state index contributed by atoms with van der Waals surface area (Å²) in [4.78, 5) is 13.2. The Bertz CT molecular complexity index is 490. The van der Waals surface area contributed by atoms with Crippen molar-refractivity contribution < 1.29 is 19.5 Å². The number of benzene rings is 1. The van der Waals surface area contributed by atoms with Crippen molar-refractivity contribution in [1.82, 2.24) is 4.90 Å². The zero-order valence-corrected chi connectivity index (χ0v) is 9.96. The Morgan fingerprint density at radius 2 is 2.17 bits per heavy atom. The van der Waals surface area contributed by atoms with Gasteiger partial charge in [-0.3, -0.25) is 4.79 Å². The van der Waals surface area contributed by atoms with Crippen molar-refractivity contribution in [2.45, 2.75) is 13.0 Å². The molecule has 0 aromatic heterocycles. The van der Waals surface area contributed by atoms with Crippen molar-refractivity contribution in [3.05, 3.63) is 29.6 Å². The van der Waals surface area contributed by atoms with E-state index >= 15 is 0 Å². The molecule has 1 rings (SSSR count). The maximum absolute atomic E-state index is 12.8. The molecule has 1 atom stereocenters. The number of halogens is 1. The Kier molecular flexibility index (Phi) is 4.09. The fraction of sp³-hybridized carbons (Fsp3) is 0.273. The summed E-state index contributed by atoms with van der Waals surface area (Å²) in [6.45, 7) is 1.55. The first-order valence-electron chi connectivity index (χ1n) is 5.11. The lowest BCUT2D eigenvalue weighted by Crippen LogP contribution is -2.43. The van der Waals surface area contributed by atoms with E-state index in [9.17, 15) is 14.3 Å². The van der Waals surface area contributed by atoms with Crippen LogP contribution in [0.5, 0.6) is 5.75 Å². The number of rotatable bonds is 3. The molecule has 0 bridgehead atoms. The van der Waals surface area contributed by atoms with Crippen LogP contribution in [0, 0.1) is 5.82 Å². The normalized spacial score (nSPS) is 13.2. The third-order valence-corrected chi connectivity index (χ3v) is 2.63. The molecule has 0 spiro atoms. The number of oxime groups is 1. The minimum atomic E-state index is -0.660. The number of carbonyl (C=O) groups excluding carboxylic acids is 1. The zero-order chi connectivity index (χ0) is 13.9. The van der Waals surface area contributed by atoms with Gasteiger partial charge in [0.2, 0.25) is 0 Å². The smallest absolute Gasteiger partial charge is 0.257 e. The van der Waals surface area contributed by atoms with E-state index in [1.807, 2.05) is 0 Å². The van der Waals surface area contributed by atoms with Gasteiger partial charge >= 0.3 is 0 Å². The second-order valence-electron chi connectivity index (χ2n) is 3.78. The van der Waals surface area contributed by atoms with E-state index < -0.39 is 23.5 Å². The van der Waals surface area contributed by atoms with Crippen molar-refractivity contribution in [2.75, 3.05) is 7.05 Å². The van der Waals surface area contributed by atoms with Crippen molar-refractivity contribution in [1.29, 1.82) is 0 Å². The number of hydrogen-bond donors (Lipinski definition) is 3. The van der Waals surface area contributed by atoms with Gasteiger partial charge in [0.25, 0.3) is 5.91 Å². The van der Waals surface area contributed by atoms with Gasteiger partial charge in [-0.25, -0.2) is 4.39 Å². The summed E-state index contributed by atoms with van der Waals surface area (Å²) in [7, 11) is 1.42. The highest BCUT2D eigenvalue weighted by Gasteiger charge is 2.22. The lowest BCUT2D eigenvalue weighted by molar-refractivity contribution is 0.0773. The van der Waals surface area contributed by atoms with Gasteiger partial charge in [0, 0.05) is 13.1 Å². The molecule has 0 fully saturated rings. The Hall–Kier alpha value is -2.31. The van der Waals surface area contributed by atoms with E-state index in [1.165, 1.54) is 18.0 Å². The standard InChI is InChI=1S/C11H14FN3O3/c1-6(10(13)14-18)15(2)11(17)8-4-3-7(12)5-9(8)16/h3-6,16,18H,1-2H3,(H2,13,14). The molecule has 1 aromatic rings. The van der Waals surface area contributed by atoms with Crippen molar-refractivity contribution in [3.63, 3.8) is 0 Å². The van der Waals surface area contributed by atoms with Crippen LogP contribution in [0.25, 0.3) is 0 Å². The second-order valence-corrected chi connectivity index (χ2v) is 3.78. The van der Waals surface area contributed by atoms with Gasteiger partial charge in [0.15, 0.2) is 5.84 Å². The Labute approximate surface area is 103 Å². The fourth-order valence-electron chi connectivity index (χ4n) is 1.33. The SMILES string of the molecule is CC(/C(N)=N/O)N(C)C(=O)c1ccc(F)cc1O. The summed E-state index contributed by atoms with van der Waals surface area (Å²) in [5, 5.41) is 20.8. The third kappa shape index (κ3) is 2.68. The van der Waals surface area contributed by atoms with Crippen LogP contribution < -0.4 is 5.73 Å². The van der Waals surface area contributed by atoms with Crippen LogP contribution in [-0.4, -0.2) is 40.0 Å². The molecule has 0 aliphatic heterocycles. The van der Waals surface area contributed by atoms with Gasteiger partial charge in [-0.15, -0.1) is 0 Å². The van der Waals surface area contributed by atoms with Crippen LogP contribution in [0.4, 0.5) is 4.39 Å².